The van der Waals surface area contributed by atoms with Crippen LogP contribution in [0.25, 0.3) is 11.2 Å². The number of hydrogen-bond donors (Lipinski definition) is 1. The van der Waals surface area contributed by atoms with E-state index in [1.807, 2.05) is 35.2 Å². The van der Waals surface area contributed by atoms with Gasteiger partial charge in [0.1, 0.15) is 17.1 Å². The molecule has 1 aromatic carbocycles. The first-order chi connectivity index (χ1) is 15.0. The average Bonchev–Trinajstić information content (AvgIpc) is 3.13. The number of fused-ring (bicyclic) bond motifs is 1. The second kappa shape index (κ2) is 7.11. The molecule has 2 atom stereocenters. The van der Waals surface area contributed by atoms with E-state index in [9.17, 15) is 10.1 Å². The SMILES string of the molecule is CC1CN(c2nc(N)ncc2C#N)C1c1nn2ccc(Cl)c2c(=O)n1-c1ccccc1. The number of anilines is 2. The van der Waals surface area contributed by atoms with Gasteiger partial charge in [-0.2, -0.15) is 15.3 Å². The minimum atomic E-state index is -0.306. The molecule has 4 heterocycles. The van der Waals surface area contributed by atoms with Gasteiger partial charge in [0.05, 0.1) is 22.9 Å². The number of benzene rings is 1. The van der Waals surface area contributed by atoms with Gasteiger partial charge < -0.3 is 10.6 Å². The molecular weight excluding hydrogens is 416 g/mol. The van der Waals surface area contributed by atoms with Crippen molar-refractivity contribution in [3.8, 4) is 11.8 Å². The van der Waals surface area contributed by atoms with Gasteiger partial charge in [-0.3, -0.25) is 9.36 Å². The topological polar surface area (TPSA) is 118 Å². The first-order valence-electron chi connectivity index (χ1n) is 9.64. The van der Waals surface area contributed by atoms with Crippen molar-refractivity contribution in [1.29, 1.82) is 5.26 Å². The lowest BCUT2D eigenvalue weighted by molar-refractivity contribution is 0.300. The van der Waals surface area contributed by atoms with Crippen LogP contribution in [0.3, 0.4) is 0 Å². The third-order valence-corrected chi connectivity index (χ3v) is 5.79. The lowest BCUT2D eigenvalue weighted by Crippen LogP contribution is -2.51. The third-order valence-electron chi connectivity index (χ3n) is 5.48. The molecule has 2 unspecified atom stereocenters. The van der Waals surface area contributed by atoms with Gasteiger partial charge in [-0.25, -0.2) is 9.50 Å². The Bertz CT molecular complexity index is 1400. The lowest BCUT2D eigenvalue weighted by Gasteiger charge is -2.47. The molecule has 154 valence electrons. The highest BCUT2D eigenvalue weighted by atomic mass is 35.5. The summed E-state index contributed by atoms with van der Waals surface area (Å²) < 4.78 is 3.08. The highest BCUT2D eigenvalue weighted by Crippen LogP contribution is 2.42. The number of nitrogens with two attached hydrogens (primary N) is 1. The van der Waals surface area contributed by atoms with Gasteiger partial charge in [-0.05, 0) is 18.2 Å². The van der Waals surface area contributed by atoms with E-state index < -0.39 is 0 Å². The van der Waals surface area contributed by atoms with Crippen LogP contribution in [-0.4, -0.2) is 30.7 Å². The highest BCUT2D eigenvalue weighted by molar-refractivity contribution is 6.33. The zero-order valence-corrected chi connectivity index (χ0v) is 17.2. The Kier molecular flexibility index (Phi) is 4.38. The molecule has 0 spiro atoms. The number of nitriles is 1. The van der Waals surface area contributed by atoms with Crippen LogP contribution in [0.1, 0.15) is 24.4 Å². The monoisotopic (exact) mass is 432 g/mol. The Labute approximate surface area is 181 Å². The van der Waals surface area contributed by atoms with Crippen molar-refractivity contribution in [2.45, 2.75) is 13.0 Å². The largest absolute Gasteiger partial charge is 0.368 e. The molecule has 4 aromatic rings. The Morgan fingerprint density at radius 3 is 2.74 bits per heavy atom. The molecule has 0 radical (unpaired) electrons. The maximum absolute atomic E-state index is 13.5. The van der Waals surface area contributed by atoms with Crippen LogP contribution in [0, 0.1) is 17.2 Å². The summed E-state index contributed by atoms with van der Waals surface area (Å²) in [5.74, 6) is 1.18. The molecule has 10 heteroatoms. The predicted molar refractivity (Wildman–Crippen MR) is 116 cm³/mol. The van der Waals surface area contributed by atoms with Crippen molar-refractivity contribution in [1.82, 2.24) is 24.1 Å². The van der Waals surface area contributed by atoms with Crippen LogP contribution in [0.4, 0.5) is 11.8 Å². The summed E-state index contributed by atoms with van der Waals surface area (Å²) in [4.78, 5) is 23.6. The molecular formula is C21H17ClN8O. The molecule has 0 amide bonds. The highest BCUT2D eigenvalue weighted by Gasteiger charge is 2.42. The van der Waals surface area contributed by atoms with E-state index in [1.165, 1.54) is 10.7 Å². The van der Waals surface area contributed by atoms with E-state index in [0.29, 0.717) is 40.0 Å². The average molecular weight is 433 g/mol. The molecule has 1 saturated heterocycles. The van der Waals surface area contributed by atoms with Crippen molar-refractivity contribution in [2.75, 3.05) is 17.2 Å². The van der Waals surface area contributed by atoms with Crippen LogP contribution in [0.5, 0.6) is 0 Å². The Morgan fingerprint density at radius 2 is 2.03 bits per heavy atom. The van der Waals surface area contributed by atoms with Gasteiger partial charge in [-0.15, -0.1) is 0 Å². The molecule has 1 aliphatic rings. The van der Waals surface area contributed by atoms with E-state index >= 15 is 0 Å². The fourth-order valence-corrected chi connectivity index (χ4v) is 4.28. The van der Waals surface area contributed by atoms with Gasteiger partial charge in [0, 0.05) is 18.7 Å². The molecule has 9 nitrogen and oxygen atoms in total. The fraction of sp³-hybridized carbons (Fsp3) is 0.190. The number of aromatic nitrogens is 5. The third kappa shape index (κ3) is 2.92. The van der Waals surface area contributed by atoms with Gasteiger partial charge in [0.15, 0.2) is 11.6 Å². The molecule has 0 saturated carbocycles. The Morgan fingerprint density at radius 1 is 1.26 bits per heavy atom. The molecule has 5 rings (SSSR count). The summed E-state index contributed by atoms with van der Waals surface area (Å²) >= 11 is 6.28. The summed E-state index contributed by atoms with van der Waals surface area (Å²) in [5, 5.41) is 14.6. The Hall–Kier alpha value is -3.90. The number of nitrogen functional groups attached to an aromatic ring is 1. The number of hydrogen-bond acceptors (Lipinski definition) is 7. The van der Waals surface area contributed by atoms with Crippen LogP contribution in [0.15, 0.2) is 53.6 Å². The van der Waals surface area contributed by atoms with Crippen LogP contribution in [-0.2, 0) is 0 Å². The van der Waals surface area contributed by atoms with Crippen LogP contribution in [0.2, 0.25) is 5.02 Å². The molecule has 1 aliphatic heterocycles. The van der Waals surface area contributed by atoms with E-state index in [4.69, 9.17) is 22.4 Å². The minimum absolute atomic E-state index is 0.0772. The van der Waals surface area contributed by atoms with Crippen molar-refractivity contribution >= 4 is 28.9 Å². The van der Waals surface area contributed by atoms with E-state index in [2.05, 4.69) is 23.0 Å². The molecule has 31 heavy (non-hydrogen) atoms. The molecule has 1 fully saturated rings. The van der Waals surface area contributed by atoms with Crippen LogP contribution >= 0.6 is 11.6 Å². The second-order valence-corrected chi connectivity index (χ2v) is 7.85. The number of nitrogens with zero attached hydrogens (tertiary/aromatic N) is 7. The second-order valence-electron chi connectivity index (χ2n) is 7.44. The molecule has 0 aliphatic carbocycles. The maximum Gasteiger partial charge on any atom is 0.284 e. The minimum Gasteiger partial charge on any atom is -0.368 e. The number of halogens is 1. The van der Waals surface area contributed by atoms with Gasteiger partial charge >= 0.3 is 0 Å². The van der Waals surface area contributed by atoms with Crippen molar-refractivity contribution in [3.63, 3.8) is 0 Å². The standard InChI is InChI=1S/C21H17ClN8O/c1-12-11-28(18-13(9-23)10-25-21(24)26-18)16(12)19-27-29-8-7-15(22)17(29)20(31)30(19)14-5-3-2-4-6-14/h2-8,10,12,16H,11H2,1H3,(H2,24,25,26). The van der Waals surface area contributed by atoms with Gasteiger partial charge in [-0.1, -0.05) is 36.7 Å². The smallest absolute Gasteiger partial charge is 0.284 e. The summed E-state index contributed by atoms with van der Waals surface area (Å²) in [5.41, 5.74) is 6.81. The summed E-state index contributed by atoms with van der Waals surface area (Å²) in [6.07, 6.45) is 3.07. The first kappa shape index (κ1) is 19.1. The van der Waals surface area contributed by atoms with E-state index in [0.717, 1.165) is 0 Å². The lowest BCUT2D eigenvalue weighted by atomic mass is 9.89. The van der Waals surface area contributed by atoms with Crippen molar-refractivity contribution < 1.29 is 0 Å². The zero-order chi connectivity index (χ0) is 21.7. The van der Waals surface area contributed by atoms with Gasteiger partial charge in [0.2, 0.25) is 5.95 Å². The molecule has 3 aromatic heterocycles. The van der Waals surface area contributed by atoms with Crippen molar-refractivity contribution in [3.05, 3.63) is 75.6 Å². The van der Waals surface area contributed by atoms with Crippen molar-refractivity contribution in [2.24, 2.45) is 5.92 Å². The summed E-state index contributed by atoms with van der Waals surface area (Å²) in [6, 6.07) is 12.7. The Balaban J connectivity index is 1.76. The van der Waals surface area contributed by atoms with Crippen LogP contribution < -0.4 is 16.2 Å². The maximum atomic E-state index is 13.5. The summed E-state index contributed by atoms with van der Waals surface area (Å²) in [6.45, 7) is 2.69. The predicted octanol–water partition coefficient (Wildman–Crippen LogP) is 2.58. The normalized spacial score (nSPS) is 18.0. The quantitative estimate of drug-likeness (QED) is 0.528. The van der Waals surface area contributed by atoms with E-state index in [1.54, 1.807) is 16.8 Å². The summed E-state index contributed by atoms with van der Waals surface area (Å²) in [7, 11) is 0. The molecule has 0 bridgehead atoms. The first-order valence-corrected chi connectivity index (χ1v) is 10.0. The number of para-hydroxylation sites is 1. The molecule has 2 N–H and O–H groups in total. The van der Waals surface area contributed by atoms with Gasteiger partial charge in [0.25, 0.3) is 5.56 Å². The van der Waals surface area contributed by atoms with E-state index in [-0.39, 0.29) is 23.5 Å². The zero-order valence-electron chi connectivity index (χ0n) is 16.5. The fourth-order valence-electron chi connectivity index (χ4n) is 4.05. The number of rotatable bonds is 3.